The number of piperidine rings is 1. The first-order valence-electron chi connectivity index (χ1n) is 6.12. The number of benzene rings is 1. The van der Waals surface area contributed by atoms with Crippen molar-refractivity contribution < 1.29 is 4.74 Å². The number of hydrogen-bond acceptors (Lipinski definition) is 3. The lowest BCUT2D eigenvalue weighted by Crippen LogP contribution is -2.34. The quantitative estimate of drug-likeness (QED) is 0.855. The summed E-state index contributed by atoms with van der Waals surface area (Å²) in [5.41, 5.74) is 2.09. The van der Waals surface area contributed by atoms with Crippen molar-refractivity contribution >= 4 is 11.0 Å². The summed E-state index contributed by atoms with van der Waals surface area (Å²) in [6.45, 7) is 2.09. The van der Waals surface area contributed by atoms with Gasteiger partial charge in [-0.25, -0.2) is 4.98 Å². The van der Waals surface area contributed by atoms with Crippen LogP contribution in [0.25, 0.3) is 11.0 Å². The lowest BCUT2D eigenvalue weighted by atomic mass is 10.1. The highest BCUT2D eigenvalue weighted by molar-refractivity contribution is 5.81. The Kier molecular flexibility index (Phi) is 2.73. The standard InChI is InChI=1S/C13H17N3O/c1-16-9-15-13-11(16)3-2-4-12(13)17-10-5-7-14-8-6-10/h2-4,9-10,14H,5-8H2,1H3. The molecule has 1 fully saturated rings. The van der Waals surface area contributed by atoms with E-state index in [-0.39, 0.29) is 0 Å². The van der Waals surface area contributed by atoms with Gasteiger partial charge in [-0.2, -0.15) is 0 Å². The molecule has 1 saturated heterocycles. The minimum absolute atomic E-state index is 0.323. The predicted octanol–water partition coefficient (Wildman–Crippen LogP) is 1.70. The molecule has 90 valence electrons. The fraction of sp³-hybridized carbons (Fsp3) is 0.462. The molecule has 0 saturated carbocycles. The van der Waals surface area contributed by atoms with E-state index < -0.39 is 0 Å². The van der Waals surface area contributed by atoms with Gasteiger partial charge in [0.25, 0.3) is 0 Å². The topological polar surface area (TPSA) is 39.1 Å². The first-order chi connectivity index (χ1) is 8.34. The fourth-order valence-corrected chi connectivity index (χ4v) is 2.32. The highest BCUT2D eigenvalue weighted by Crippen LogP contribution is 2.25. The van der Waals surface area contributed by atoms with Crippen LogP contribution < -0.4 is 10.1 Å². The SMILES string of the molecule is Cn1cnc2c(OC3CCNCC3)cccc21. The van der Waals surface area contributed by atoms with E-state index in [0.29, 0.717) is 6.10 Å². The number of ether oxygens (including phenoxy) is 1. The van der Waals surface area contributed by atoms with Crippen LogP contribution >= 0.6 is 0 Å². The second-order valence-corrected chi connectivity index (χ2v) is 4.55. The summed E-state index contributed by atoms with van der Waals surface area (Å²) in [5, 5.41) is 3.34. The van der Waals surface area contributed by atoms with Crippen LogP contribution in [0.5, 0.6) is 5.75 Å². The van der Waals surface area contributed by atoms with E-state index in [2.05, 4.69) is 16.4 Å². The number of rotatable bonds is 2. The normalized spacial score (nSPS) is 17.5. The zero-order chi connectivity index (χ0) is 11.7. The molecule has 1 N–H and O–H groups in total. The summed E-state index contributed by atoms with van der Waals surface area (Å²) in [5.74, 6) is 0.912. The average Bonchev–Trinajstić information content (AvgIpc) is 2.74. The summed E-state index contributed by atoms with van der Waals surface area (Å²) in [6.07, 6.45) is 4.30. The average molecular weight is 231 g/mol. The number of aromatic nitrogens is 2. The van der Waals surface area contributed by atoms with Crippen molar-refractivity contribution in [2.45, 2.75) is 18.9 Å². The molecular formula is C13H17N3O. The van der Waals surface area contributed by atoms with Crippen LogP contribution in [0.1, 0.15) is 12.8 Å². The van der Waals surface area contributed by atoms with Gasteiger partial charge in [0, 0.05) is 7.05 Å². The number of nitrogens with one attached hydrogen (secondary N) is 1. The third kappa shape index (κ3) is 2.00. The van der Waals surface area contributed by atoms with Crippen LogP contribution in [0.3, 0.4) is 0 Å². The van der Waals surface area contributed by atoms with Crippen molar-refractivity contribution in [1.29, 1.82) is 0 Å². The molecule has 1 aromatic carbocycles. The van der Waals surface area contributed by atoms with E-state index >= 15 is 0 Å². The zero-order valence-corrected chi connectivity index (χ0v) is 10.0. The molecule has 1 aliphatic rings. The van der Waals surface area contributed by atoms with Gasteiger partial charge in [-0.3, -0.25) is 0 Å². The van der Waals surface area contributed by atoms with Crippen LogP contribution in [0, 0.1) is 0 Å². The van der Waals surface area contributed by atoms with Crippen LogP contribution in [0.2, 0.25) is 0 Å². The molecular weight excluding hydrogens is 214 g/mol. The molecule has 0 spiro atoms. The molecule has 0 amide bonds. The van der Waals surface area contributed by atoms with Gasteiger partial charge in [0.05, 0.1) is 11.8 Å². The van der Waals surface area contributed by atoms with Crippen molar-refractivity contribution in [3.8, 4) is 5.75 Å². The number of imidazole rings is 1. The summed E-state index contributed by atoms with van der Waals surface area (Å²) in [6, 6.07) is 6.11. The molecule has 0 aliphatic carbocycles. The van der Waals surface area contributed by atoms with Crippen molar-refractivity contribution in [3.63, 3.8) is 0 Å². The van der Waals surface area contributed by atoms with Gasteiger partial charge >= 0.3 is 0 Å². The van der Waals surface area contributed by atoms with E-state index in [0.717, 1.165) is 42.7 Å². The highest BCUT2D eigenvalue weighted by Gasteiger charge is 2.16. The molecule has 4 heteroatoms. The van der Waals surface area contributed by atoms with Crippen molar-refractivity contribution in [3.05, 3.63) is 24.5 Å². The van der Waals surface area contributed by atoms with Gasteiger partial charge < -0.3 is 14.6 Å². The molecule has 0 unspecified atom stereocenters. The Balaban J connectivity index is 1.89. The maximum Gasteiger partial charge on any atom is 0.147 e. The van der Waals surface area contributed by atoms with E-state index in [1.54, 1.807) is 0 Å². The summed E-state index contributed by atoms with van der Waals surface area (Å²) in [7, 11) is 2.00. The Morgan fingerprint density at radius 1 is 1.35 bits per heavy atom. The van der Waals surface area contributed by atoms with Gasteiger partial charge in [0.15, 0.2) is 0 Å². The van der Waals surface area contributed by atoms with Crippen molar-refractivity contribution in [1.82, 2.24) is 14.9 Å². The molecule has 2 aromatic rings. The van der Waals surface area contributed by atoms with Gasteiger partial charge in [-0.1, -0.05) is 6.07 Å². The smallest absolute Gasteiger partial charge is 0.147 e. The molecule has 0 radical (unpaired) electrons. The predicted molar refractivity (Wildman–Crippen MR) is 67.2 cm³/mol. The maximum absolute atomic E-state index is 6.07. The first kappa shape index (κ1) is 10.6. The largest absolute Gasteiger partial charge is 0.488 e. The molecule has 0 bridgehead atoms. The molecule has 4 nitrogen and oxygen atoms in total. The van der Waals surface area contributed by atoms with Crippen molar-refractivity contribution in [2.75, 3.05) is 13.1 Å². The molecule has 2 heterocycles. The maximum atomic E-state index is 6.07. The summed E-state index contributed by atoms with van der Waals surface area (Å²) < 4.78 is 8.08. The monoisotopic (exact) mass is 231 g/mol. The van der Waals surface area contributed by atoms with Gasteiger partial charge in [-0.15, -0.1) is 0 Å². The Bertz CT molecular complexity index is 514. The molecule has 1 aliphatic heterocycles. The van der Waals surface area contributed by atoms with Crippen LogP contribution in [-0.4, -0.2) is 28.7 Å². The number of fused-ring (bicyclic) bond motifs is 1. The Morgan fingerprint density at radius 3 is 3.00 bits per heavy atom. The van der Waals surface area contributed by atoms with Gasteiger partial charge in [-0.05, 0) is 38.1 Å². The second-order valence-electron chi connectivity index (χ2n) is 4.55. The lowest BCUT2D eigenvalue weighted by molar-refractivity contribution is 0.164. The third-order valence-corrected chi connectivity index (χ3v) is 3.30. The number of aryl methyl sites for hydroxylation is 1. The molecule has 17 heavy (non-hydrogen) atoms. The summed E-state index contributed by atoms with van der Waals surface area (Å²) >= 11 is 0. The fourth-order valence-electron chi connectivity index (χ4n) is 2.32. The number of para-hydroxylation sites is 1. The second kappa shape index (κ2) is 4.37. The Morgan fingerprint density at radius 2 is 2.18 bits per heavy atom. The summed E-state index contributed by atoms with van der Waals surface area (Å²) in [4.78, 5) is 4.41. The van der Waals surface area contributed by atoms with Gasteiger partial charge in [0.1, 0.15) is 17.4 Å². The molecule has 3 rings (SSSR count). The first-order valence-corrected chi connectivity index (χ1v) is 6.12. The number of nitrogens with zero attached hydrogens (tertiary/aromatic N) is 2. The Hall–Kier alpha value is -1.55. The third-order valence-electron chi connectivity index (χ3n) is 3.30. The van der Waals surface area contributed by atoms with Crippen LogP contribution in [-0.2, 0) is 7.05 Å². The lowest BCUT2D eigenvalue weighted by Gasteiger charge is -2.23. The molecule has 1 aromatic heterocycles. The molecule has 0 atom stereocenters. The minimum atomic E-state index is 0.323. The van der Waals surface area contributed by atoms with E-state index in [9.17, 15) is 0 Å². The van der Waals surface area contributed by atoms with Crippen LogP contribution in [0.4, 0.5) is 0 Å². The van der Waals surface area contributed by atoms with Gasteiger partial charge in [0.2, 0.25) is 0 Å². The minimum Gasteiger partial charge on any atom is -0.488 e. The highest BCUT2D eigenvalue weighted by atomic mass is 16.5. The van der Waals surface area contributed by atoms with Crippen molar-refractivity contribution in [2.24, 2.45) is 7.05 Å². The van der Waals surface area contributed by atoms with E-state index in [4.69, 9.17) is 4.74 Å². The van der Waals surface area contributed by atoms with Crippen LogP contribution in [0.15, 0.2) is 24.5 Å². The zero-order valence-electron chi connectivity index (χ0n) is 10.0. The Labute approximate surface area is 101 Å². The number of hydrogen-bond donors (Lipinski definition) is 1. The van der Waals surface area contributed by atoms with E-state index in [1.165, 1.54) is 0 Å². The van der Waals surface area contributed by atoms with E-state index in [1.807, 2.05) is 30.1 Å².